The van der Waals surface area contributed by atoms with Gasteiger partial charge in [-0.2, -0.15) is 11.3 Å². The average Bonchev–Trinajstić information content (AvgIpc) is 2.83. The summed E-state index contributed by atoms with van der Waals surface area (Å²) in [6.45, 7) is 1.20. The molecule has 0 unspecified atom stereocenters. The maximum absolute atomic E-state index is 11.7. The largest absolute Gasteiger partial charge is 0.352 e. The van der Waals surface area contributed by atoms with Crippen LogP contribution in [0.2, 0.25) is 0 Å². The van der Waals surface area contributed by atoms with Gasteiger partial charge >= 0.3 is 0 Å². The molecular formula is C13H20N2OS. The zero-order valence-electron chi connectivity index (χ0n) is 10.1. The summed E-state index contributed by atoms with van der Waals surface area (Å²) < 4.78 is 0. The molecule has 0 aromatic carbocycles. The van der Waals surface area contributed by atoms with Crippen molar-refractivity contribution in [3.8, 4) is 0 Å². The fourth-order valence-corrected chi connectivity index (χ4v) is 2.91. The fraction of sp³-hybridized carbons (Fsp3) is 0.615. The second-order valence-corrected chi connectivity index (χ2v) is 5.42. The molecule has 1 heterocycles. The lowest BCUT2D eigenvalue weighted by Gasteiger charge is -2.22. The summed E-state index contributed by atoms with van der Waals surface area (Å²) in [6, 6.07) is 2.50. The van der Waals surface area contributed by atoms with Crippen LogP contribution in [0.1, 0.15) is 37.7 Å². The van der Waals surface area contributed by atoms with Gasteiger partial charge in [-0.05, 0) is 35.2 Å². The molecule has 2 N–H and O–H groups in total. The molecule has 0 atom stereocenters. The molecule has 3 nitrogen and oxygen atoms in total. The van der Waals surface area contributed by atoms with Crippen molar-refractivity contribution in [2.24, 2.45) is 0 Å². The van der Waals surface area contributed by atoms with E-state index >= 15 is 0 Å². The van der Waals surface area contributed by atoms with E-state index in [-0.39, 0.29) is 5.91 Å². The Morgan fingerprint density at radius 2 is 2.18 bits per heavy atom. The highest BCUT2D eigenvalue weighted by atomic mass is 32.1. The first-order chi connectivity index (χ1) is 8.34. The molecule has 0 bridgehead atoms. The second-order valence-electron chi connectivity index (χ2n) is 4.64. The van der Waals surface area contributed by atoms with Crippen LogP contribution in [-0.2, 0) is 11.3 Å². The van der Waals surface area contributed by atoms with Crippen molar-refractivity contribution in [1.29, 1.82) is 0 Å². The molecule has 1 aromatic heterocycles. The molecular weight excluding hydrogens is 232 g/mol. The predicted octanol–water partition coefficient (Wildman–Crippen LogP) is 2.29. The third-order valence-electron chi connectivity index (χ3n) is 3.17. The van der Waals surface area contributed by atoms with Gasteiger partial charge < -0.3 is 10.6 Å². The number of carbonyl (C=O) groups is 1. The highest BCUT2D eigenvalue weighted by molar-refractivity contribution is 7.07. The van der Waals surface area contributed by atoms with E-state index in [9.17, 15) is 4.79 Å². The molecule has 4 heteroatoms. The zero-order valence-corrected chi connectivity index (χ0v) is 10.9. The fourth-order valence-electron chi connectivity index (χ4n) is 2.24. The van der Waals surface area contributed by atoms with Crippen LogP contribution in [0.5, 0.6) is 0 Å². The van der Waals surface area contributed by atoms with Crippen molar-refractivity contribution in [2.45, 2.75) is 44.7 Å². The van der Waals surface area contributed by atoms with E-state index in [4.69, 9.17) is 0 Å². The van der Waals surface area contributed by atoms with Gasteiger partial charge in [0.25, 0.3) is 0 Å². The third-order valence-corrected chi connectivity index (χ3v) is 3.90. The molecule has 0 radical (unpaired) electrons. The Bertz CT molecular complexity index is 331. The molecule has 1 aromatic rings. The van der Waals surface area contributed by atoms with Crippen molar-refractivity contribution < 1.29 is 4.79 Å². The van der Waals surface area contributed by atoms with Crippen molar-refractivity contribution in [1.82, 2.24) is 10.6 Å². The monoisotopic (exact) mass is 252 g/mol. The van der Waals surface area contributed by atoms with E-state index in [2.05, 4.69) is 27.5 Å². The summed E-state index contributed by atoms with van der Waals surface area (Å²) in [6.07, 6.45) is 6.13. The number of carbonyl (C=O) groups excluding carboxylic acids is 1. The van der Waals surface area contributed by atoms with Crippen molar-refractivity contribution in [3.63, 3.8) is 0 Å². The lowest BCUT2D eigenvalue weighted by molar-refractivity contribution is -0.121. The molecule has 1 saturated carbocycles. The van der Waals surface area contributed by atoms with Gasteiger partial charge in [0.05, 0.1) is 6.54 Å². The molecule has 0 saturated heterocycles. The third kappa shape index (κ3) is 4.48. The number of rotatable bonds is 5. The zero-order chi connectivity index (χ0) is 11.9. The normalized spacial score (nSPS) is 16.9. The van der Waals surface area contributed by atoms with Crippen LogP contribution < -0.4 is 10.6 Å². The van der Waals surface area contributed by atoms with Gasteiger partial charge in [0, 0.05) is 12.6 Å². The van der Waals surface area contributed by atoms with Crippen molar-refractivity contribution in [2.75, 3.05) is 6.54 Å². The molecule has 0 spiro atoms. The number of hydrogen-bond donors (Lipinski definition) is 2. The highest BCUT2D eigenvalue weighted by Crippen LogP contribution is 2.17. The first kappa shape index (κ1) is 12.6. The first-order valence-corrected chi connectivity index (χ1v) is 7.30. The van der Waals surface area contributed by atoms with Gasteiger partial charge in [0.1, 0.15) is 0 Å². The van der Waals surface area contributed by atoms with Crippen LogP contribution in [-0.4, -0.2) is 18.5 Å². The van der Waals surface area contributed by atoms with E-state index in [0.717, 1.165) is 19.4 Å². The highest BCUT2D eigenvalue weighted by Gasteiger charge is 2.14. The summed E-state index contributed by atoms with van der Waals surface area (Å²) in [5, 5.41) is 10.4. The SMILES string of the molecule is O=C(CNCc1ccsc1)NC1CCCCC1. The van der Waals surface area contributed by atoms with Crippen LogP contribution in [0.25, 0.3) is 0 Å². The van der Waals surface area contributed by atoms with Gasteiger partial charge in [-0.3, -0.25) is 4.79 Å². The van der Waals surface area contributed by atoms with Crippen LogP contribution in [0.3, 0.4) is 0 Å². The molecule has 1 amide bonds. The summed E-state index contributed by atoms with van der Waals surface area (Å²) in [5.41, 5.74) is 1.25. The Labute approximate surface area is 107 Å². The Morgan fingerprint density at radius 3 is 2.88 bits per heavy atom. The van der Waals surface area contributed by atoms with E-state index in [0.29, 0.717) is 12.6 Å². The minimum Gasteiger partial charge on any atom is -0.352 e. The van der Waals surface area contributed by atoms with Gasteiger partial charge in [-0.15, -0.1) is 0 Å². The van der Waals surface area contributed by atoms with Gasteiger partial charge in [0.15, 0.2) is 0 Å². The minimum absolute atomic E-state index is 0.132. The Morgan fingerprint density at radius 1 is 1.35 bits per heavy atom. The van der Waals surface area contributed by atoms with Crippen LogP contribution in [0.4, 0.5) is 0 Å². The average molecular weight is 252 g/mol. The van der Waals surface area contributed by atoms with Crippen LogP contribution >= 0.6 is 11.3 Å². The Hall–Kier alpha value is -0.870. The number of thiophene rings is 1. The van der Waals surface area contributed by atoms with Crippen molar-refractivity contribution in [3.05, 3.63) is 22.4 Å². The standard InChI is InChI=1S/C13H20N2OS/c16-13(15-12-4-2-1-3-5-12)9-14-8-11-6-7-17-10-11/h6-7,10,12,14H,1-5,8-9H2,(H,15,16). The van der Waals surface area contributed by atoms with E-state index < -0.39 is 0 Å². The number of amides is 1. The van der Waals surface area contributed by atoms with Gasteiger partial charge in [-0.1, -0.05) is 19.3 Å². The molecule has 94 valence electrons. The van der Waals surface area contributed by atoms with Crippen molar-refractivity contribution >= 4 is 17.2 Å². The lowest BCUT2D eigenvalue weighted by atomic mass is 9.95. The number of hydrogen-bond acceptors (Lipinski definition) is 3. The van der Waals surface area contributed by atoms with Crippen LogP contribution in [0.15, 0.2) is 16.8 Å². The van der Waals surface area contributed by atoms with Crippen LogP contribution in [0, 0.1) is 0 Å². The first-order valence-electron chi connectivity index (χ1n) is 6.36. The van der Waals surface area contributed by atoms with E-state index in [1.807, 2.05) is 0 Å². The second kappa shape index (κ2) is 6.77. The Balaban J connectivity index is 1.60. The smallest absolute Gasteiger partial charge is 0.234 e. The molecule has 0 aliphatic heterocycles. The quantitative estimate of drug-likeness (QED) is 0.844. The maximum Gasteiger partial charge on any atom is 0.234 e. The maximum atomic E-state index is 11.7. The Kier molecular flexibility index (Phi) is 5.01. The molecule has 17 heavy (non-hydrogen) atoms. The number of nitrogens with one attached hydrogen (secondary N) is 2. The molecule has 1 aliphatic carbocycles. The molecule has 2 rings (SSSR count). The lowest BCUT2D eigenvalue weighted by Crippen LogP contribution is -2.41. The van der Waals surface area contributed by atoms with E-state index in [1.165, 1.54) is 24.8 Å². The topological polar surface area (TPSA) is 41.1 Å². The summed E-state index contributed by atoms with van der Waals surface area (Å²) in [7, 11) is 0. The molecule has 1 fully saturated rings. The predicted molar refractivity (Wildman–Crippen MR) is 71.0 cm³/mol. The summed E-state index contributed by atoms with van der Waals surface area (Å²) >= 11 is 1.69. The van der Waals surface area contributed by atoms with E-state index in [1.54, 1.807) is 11.3 Å². The van der Waals surface area contributed by atoms with Gasteiger partial charge in [0.2, 0.25) is 5.91 Å². The minimum atomic E-state index is 0.132. The summed E-state index contributed by atoms with van der Waals surface area (Å²) in [4.78, 5) is 11.7. The summed E-state index contributed by atoms with van der Waals surface area (Å²) in [5.74, 6) is 0.132. The van der Waals surface area contributed by atoms with Gasteiger partial charge in [-0.25, -0.2) is 0 Å². The molecule has 1 aliphatic rings.